The molecule has 1 amide bonds. The molecule has 2 rings (SSSR count). The van der Waals surface area contributed by atoms with Gasteiger partial charge in [-0.15, -0.1) is 0 Å². The molecule has 0 fully saturated rings. The molecule has 0 saturated heterocycles. The summed E-state index contributed by atoms with van der Waals surface area (Å²) in [6, 6.07) is 12.5. The molecule has 1 aromatic carbocycles. The Morgan fingerprint density at radius 3 is 2.60 bits per heavy atom. The Balaban J connectivity index is 1.69. The summed E-state index contributed by atoms with van der Waals surface area (Å²) in [5.74, 6) is 0.563. The fraction of sp³-hybridized carbons (Fsp3) is 0.333. The first kappa shape index (κ1) is 18.7. The number of carbonyl (C=O) groups is 1. The third-order valence-corrected chi connectivity index (χ3v) is 3.58. The largest absolute Gasteiger partial charge is 0.495 e. The Hall–Kier alpha value is -2.64. The topological polar surface area (TPSA) is 101 Å². The fourth-order valence-corrected chi connectivity index (χ4v) is 2.14. The molecule has 0 aliphatic rings. The second-order valence-electron chi connectivity index (χ2n) is 5.41. The van der Waals surface area contributed by atoms with Gasteiger partial charge in [0.15, 0.2) is 0 Å². The van der Waals surface area contributed by atoms with E-state index in [1.807, 2.05) is 30.3 Å². The van der Waals surface area contributed by atoms with E-state index in [4.69, 9.17) is 9.47 Å². The van der Waals surface area contributed by atoms with Crippen LogP contribution in [0.1, 0.15) is 23.8 Å². The molecule has 0 aliphatic heterocycles. The van der Waals surface area contributed by atoms with E-state index >= 15 is 0 Å². The first-order valence-electron chi connectivity index (χ1n) is 7.90. The van der Waals surface area contributed by atoms with Crippen molar-refractivity contribution in [3.05, 3.63) is 59.9 Å². The highest BCUT2D eigenvalue weighted by Gasteiger charge is 2.19. The zero-order valence-electron chi connectivity index (χ0n) is 14.0. The number of aliphatic hydroxyl groups excluding tert-OH is 2. The molecule has 0 aliphatic carbocycles. The summed E-state index contributed by atoms with van der Waals surface area (Å²) in [5.41, 5.74) is 1.22. The summed E-state index contributed by atoms with van der Waals surface area (Å²) in [4.78, 5) is 15.6. The molecule has 0 radical (unpaired) electrons. The summed E-state index contributed by atoms with van der Waals surface area (Å²) in [5, 5.41) is 22.6. The monoisotopic (exact) mass is 346 g/mol. The van der Waals surface area contributed by atoms with E-state index in [1.54, 1.807) is 12.1 Å². The minimum absolute atomic E-state index is 0.162. The Morgan fingerprint density at radius 2 is 1.96 bits per heavy atom. The van der Waals surface area contributed by atoms with Crippen molar-refractivity contribution in [1.82, 2.24) is 10.3 Å². The van der Waals surface area contributed by atoms with E-state index in [9.17, 15) is 15.0 Å². The van der Waals surface area contributed by atoms with Crippen molar-refractivity contribution in [2.24, 2.45) is 0 Å². The van der Waals surface area contributed by atoms with Gasteiger partial charge in [-0.2, -0.15) is 0 Å². The molecule has 7 nitrogen and oxygen atoms in total. The third kappa shape index (κ3) is 6.06. The molecule has 134 valence electrons. The predicted octanol–water partition coefficient (Wildman–Crippen LogP) is 1.80. The Morgan fingerprint density at radius 1 is 1.20 bits per heavy atom. The third-order valence-electron chi connectivity index (χ3n) is 3.58. The molecule has 2 aromatic rings. The van der Waals surface area contributed by atoms with Crippen molar-refractivity contribution in [2.75, 3.05) is 13.7 Å². The van der Waals surface area contributed by atoms with Gasteiger partial charge in [-0.3, -0.25) is 4.98 Å². The average Bonchev–Trinajstić information content (AvgIpc) is 2.66. The van der Waals surface area contributed by atoms with Gasteiger partial charge in [-0.1, -0.05) is 30.3 Å². The molecule has 3 N–H and O–H groups in total. The predicted molar refractivity (Wildman–Crippen MR) is 91.0 cm³/mol. The van der Waals surface area contributed by atoms with Gasteiger partial charge >= 0.3 is 6.09 Å². The highest BCUT2D eigenvalue weighted by atomic mass is 16.5. The number of amides is 1. The molecule has 1 heterocycles. The number of benzene rings is 1. The van der Waals surface area contributed by atoms with E-state index in [2.05, 4.69) is 10.3 Å². The number of aromatic nitrogens is 1. The maximum atomic E-state index is 11.6. The molecule has 2 unspecified atom stereocenters. The zero-order chi connectivity index (χ0) is 18.1. The highest BCUT2D eigenvalue weighted by molar-refractivity contribution is 5.67. The minimum atomic E-state index is -1.15. The average molecular weight is 346 g/mol. The van der Waals surface area contributed by atoms with Crippen molar-refractivity contribution < 1.29 is 24.5 Å². The number of alkyl carbamates (subject to hydrolysis) is 1. The van der Waals surface area contributed by atoms with Crippen LogP contribution in [0, 0.1) is 0 Å². The van der Waals surface area contributed by atoms with Crippen LogP contribution >= 0.6 is 0 Å². The Kier molecular flexibility index (Phi) is 7.18. The van der Waals surface area contributed by atoms with Gasteiger partial charge in [-0.05, 0) is 24.1 Å². The number of carbonyl (C=O) groups excluding carboxylic acids is 1. The molecule has 0 saturated carbocycles. The number of nitrogens with one attached hydrogen (secondary N) is 1. The molecule has 0 bridgehead atoms. The lowest BCUT2D eigenvalue weighted by Crippen LogP contribution is -2.30. The summed E-state index contributed by atoms with van der Waals surface area (Å²) in [6.07, 6.45) is -1.16. The maximum Gasteiger partial charge on any atom is 0.407 e. The minimum Gasteiger partial charge on any atom is -0.495 e. The van der Waals surface area contributed by atoms with Crippen molar-refractivity contribution in [1.29, 1.82) is 0 Å². The molecule has 2 atom stereocenters. The lowest BCUT2D eigenvalue weighted by molar-refractivity contribution is 0.0111. The molecular formula is C18H22N2O5. The molecule has 0 spiro atoms. The van der Waals surface area contributed by atoms with Crippen LogP contribution in [0.15, 0.2) is 48.7 Å². The SMILES string of the molecule is COc1ccc(C(O)C(O)CCNC(=O)OCc2ccccc2)nc1. The van der Waals surface area contributed by atoms with E-state index in [-0.39, 0.29) is 19.6 Å². The number of methoxy groups -OCH3 is 1. The molecule has 1 aromatic heterocycles. The van der Waals surface area contributed by atoms with Crippen LogP contribution in [0.25, 0.3) is 0 Å². The number of hydrogen-bond acceptors (Lipinski definition) is 6. The summed E-state index contributed by atoms with van der Waals surface area (Å²) >= 11 is 0. The Bertz CT molecular complexity index is 648. The molecule has 25 heavy (non-hydrogen) atoms. The number of ether oxygens (including phenoxy) is 2. The number of rotatable bonds is 8. The number of nitrogens with zero attached hydrogens (tertiary/aromatic N) is 1. The second-order valence-corrected chi connectivity index (χ2v) is 5.41. The van der Waals surface area contributed by atoms with Gasteiger partial charge in [0.1, 0.15) is 18.5 Å². The van der Waals surface area contributed by atoms with Crippen LogP contribution in [0.4, 0.5) is 4.79 Å². The van der Waals surface area contributed by atoms with Crippen LogP contribution in [0.3, 0.4) is 0 Å². The summed E-state index contributed by atoms with van der Waals surface area (Å²) in [7, 11) is 1.52. The van der Waals surface area contributed by atoms with Gasteiger partial charge in [0.05, 0.1) is 25.1 Å². The van der Waals surface area contributed by atoms with Crippen LogP contribution in [-0.2, 0) is 11.3 Å². The van der Waals surface area contributed by atoms with Crippen molar-refractivity contribution in [3.63, 3.8) is 0 Å². The van der Waals surface area contributed by atoms with Crippen molar-refractivity contribution in [2.45, 2.75) is 25.2 Å². The van der Waals surface area contributed by atoms with Crippen LogP contribution in [0.2, 0.25) is 0 Å². The molecule has 7 heteroatoms. The van der Waals surface area contributed by atoms with E-state index in [1.165, 1.54) is 13.3 Å². The first-order chi connectivity index (χ1) is 12.1. The van der Waals surface area contributed by atoms with Crippen molar-refractivity contribution in [3.8, 4) is 5.75 Å². The summed E-state index contributed by atoms with van der Waals surface area (Å²) < 4.78 is 10.0. The zero-order valence-corrected chi connectivity index (χ0v) is 14.0. The van der Waals surface area contributed by atoms with Gasteiger partial charge in [-0.25, -0.2) is 4.79 Å². The van der Waals surface area contributed by atoms with E-state index in [0.717, 1.165) is 5.56 Å². The normalized spacial score (nSPS) is 12.9. The van der Waals surface area contributed by atoms with E-state index in [0.29, 0.717) is 11.4 Å². The van der Waals surface area contributed by atoms with Gasteiger partial charge in [0, 0.05) is 6.54 Å². The van der Waals surface area contributed by atoms with Crippen LogP contribution in [-0.4, -0.2) is 41.0 Å². The van der Waals surface area contributed by atoms with Gasteiger partial charge < -0.3 is 25.0 Å². The van der Waals surface area contributed by atoms with Gasteiger partial charge in [0.2, 0.25) is 0 Å². The fourth-order valence-electron chi connectivity index (χ4n) is 2.14. The lowest BCUT2D eigenvalue weighted by Gasteiger charge is -2.17. The smallest absolute Gasteiger partial charge is 0.407 e. The number of aliphatic hydroxyl groups is 2. The highest BCUT2D eigenvalue weighted by Crippen LogP contribution is 2.18. The maximum absolute atomic E-state index is 11.6. The molecular weight excluding hydrogens is 324 g/mol. The van der Waals surface area contributed by atoms with Gasteiger partial charge in [0.25, 0.3) is 0 Å². The standard InChI is InChI=1S/C18H22N2O5/c1-24-14-7-8-15(20-11-14)17(22)16(21)9-10-19-18(23)25-12-13-5-3-2-4-6-13/h2-8,11,16-17,21-22H,9-10,12H2,1H3,(H,19,23). The first-order valence-corrected chi connectivity index (χ1v) is 7.90. The summed E-state index contributed by atoms with van der Waals surface area (Å²) in [6.45, 7) is 0.343. The second kappa shape index (κ2) is 9.61. The Labute approximate surface area is 146 Å². The number of pyridine rings is 1. The number of hydrogen-bond donors (Lipinski definition) is 3. The van der Waals surface area contributed by atoms with E-state index < -0.39 is 18.3 Å². The van der Waals surface area contributed by atoms with Crippen molar-refractivity contribution >= 4 is 6.09 Å². The quantitative estimate of drug-likeness (QED) is 0.674. The van der Waals surface area contributed by atoms with Crippen LogP contribution in [0.5, 0.6) is 5.75 Å². The lowest BCUT2D eigenvalue weighted by atomic mass is 10.1. The van der Waals surface area contributed by atoms with Crippen LogP contribution < -0.4 is 10.1 Å².